The van der Waals surface area contributed by atoms with Crippen LogP contribution in [0.1, 0.15) is 16.8 Å². The molecule has 0 saturated carbocycles. The second kappa shape index (κ2) is 6.12. The summed E-state index contributed by atoms with van der Waals surface area (Å²) < 4.78 is 4.50. The van der Waals surface area contributed by atoms with Gasteiger partial charge < -0.3 is 10.5 Å². The maximum absolute atomic E-state index is 11.1. The highest BCUT2D eigenvalue weighted by Gasteiger charge is 2.09. The molecule has 6 heteroatoms. The normalized spacial score (nSPS) is 9.81. The maximum Gasteiger partial charge on any atom is 0.306 e. The molecule has 0 saturated heterocycles. The molecule has 1 amide bonds. The lowest BCUT2D eigenvalue weighted by atomic mass is 10.3. The Morgan fingerprint density at radius 3 is 2.94 bits per heavy atom. The van der Waals surface area contributed by atoms with Crippen LogP contribution < -0.4 is 5.73 Å². The van der Waals surface area contributed by atoms with Gasteiger partial charge in [0.2, 0.25) is 0 Å². The highest BCUT2D eigenvalue weighted by molar-refractivity contribution is 7.99. The van der Waals surface area contributed by atoms with Crippen LogP contribution in [0.2, 0.25) is 0 Å². The van der Waals surface area contributed by atoms with Gasteiger partial charge in [-0.1, -0.05) is 0 Å². The zero-order valence-corrected chi connectivity index (χ0v) is 9.62. The van der Waals surface area contributed by atoms with Gasteiger partial charge in [0.05, 0.1) is 19.1 Å². The average Bonchev–Trinajstić information content (AvgIpc) is 2.29. The number of nitrogens with two attached hydrogens (primary N) is 1. The SMILES string of the molecule is COC(=O)CCSc1ncccc1C(N)=O. The summed E-state index contributed by atoms with van der Waals surface area (Å²) in [5.41, 5.74) is 5.56. The summed E-state index contributed by atoms with van der Waals surface area (Å²) in [6.07, 6.45) is 1.85. The van der Waals surface area contributed by atoms with Crippen molar-refractivity contribution < 1.29 is 14.3 Å². The van der Waals surface area contributed by atoms with Gasteiger partial charge in [-0.25, -0.2) is 4.98 Å². The van der Waals surface area contributed by atoms with Crippen LogP contribution in [0.3, 0.4) is 0 Å². The number of pyridine rings is 1. The minimum Gasteiger partial charge on any atom is -0.469 e. The lowest BCUT2D eigenvalue weighted by molar-refractivity contribution is -0.140. The van der Waals surface area contributed by atoms with Crippen LogP contribution in [0, 0.1) is 0 Å². The summed E-state index contributed by atoms with van der Waals surface area (Å²) in [6, 6.07) is 3.25. The number of carbonyl (C=O) groups excluding carboxylic acids is 2. The van der Waals surface area contributed by atoms with E-state index in [-0.39, 0.29) is 12.4 Å². The van der Waals surface area contributed by atoms with Gasteiger partial charge >= 0.3 is 5.97 Å². The molecule has 0 aliphatic carbocycles. The number of ether oxygens (including phenoxy) is 1. The van der Waals surface area contributed by atoms with Crippen molar-refractivity contribution in [2.45, 2.75) is 11.4 Å². The van der Waals surface area contributed by atoms with Crippen molar-refractivity contribution in [3.63, 3.8) is 0 Å². The zero-order valence-electron chi connectivity index (χ0n) is 8.80. The first-order chi connectivity index (χ1) is 7.65. The van der Waals surface area contributed by atoms with Crippen molar-refractivity contribution in [2.75, 3.05) is 12.9 Å². The third kappa shape index (κ3) is 3.54. The first-order valence-electron chi connectivity index (χ1n) is 4.59. The second-order valence-corrected chi connectivity index (χ2v) is 3.98. The molecule has 1 aromatic rings. The van der Waals surface area contributed by atoms with Gasteiger partial charge in [-0.15, -0.1) is 11.8 Å². The number of hydrogen-bond donors (Lipinski definition) is 1. The van der Waals surface area contributed by atoms with E-state index in [4.69, 9.17) is 5.73 Å². The summed E-state index contributed by atoms with van der Waals surface area (Å²) in [5, 5.41) is 0.541. The summed E-state index contributed by atoms with van der Waals surface area (Å²) in [4.78, 5) is 26.0. The van der Waals surface area contributed by atoms with E-state index in [1.54, 1.807) is 18.3 Å². The Labute approximate surface area is 97.4 Å². The fourth-order valence-corrected chi connectivity index (χ4v) is 1.95. The average molecular weight is 240 g/mol. The zero-order chi connectivity index (χ0) is 12.0. The summed E-state index contributed by atoms with van der Waals surface area (Å²) in [6.45, 7) is 0. The van der Waals surface area contributed by atoms with E-state index in [2.05, 4.69) is 9.72 Å². The number of thioether (sulfide) groups is 1. The molecule has 0 aromatic carbocycles. The molecule has 1 heterocycles. The number of primary amides is 1. The third-order valence-electron chi connectivity index (χ3n) is 1.81. The Hall–Kier alpha value is -1.56. The Bertz CT molecular complexity index is 395. The molecule has 0 radical (unpaired) electrons. The van der Waals surface area contributed by atoms with Crippen LogP contribution in [0.4, 0.5) is 0 Å². The van der Waals surface area contributed by atoms with E-state index in [0.717, 1.165) is 0 Å². The maximum atomic E-state index is 11.1. The number of esters is 1. The van der Waals surface area contributed by atoms with Crippen molar-refractivity contribution in [1.82, 2.24) is 4.98 Å². The Kier molecular flexibility index (Phi) is 4.78. The lowest BCUT2D eigenvalue weighted by Gasteiger charge is -2.03. The van der Waals surface area contributed by atoms with Crippen molar-refractivity contribution in [1.29, 1.82) is 0 Å². The molecule has 1 aromatic heterocycles. The van der Waals surface area contributed by atoms with Crippen LogP contribution in [0.15, 0.2) is 23.4 Å². The van der Waals surface area contributed by atoms with Crippen molar-refractivity contribution in [3.05, 3.63) is 23.9 Å². The van der Waals surface area contributed by atoms with E-state index in [9.17, 15) is 9.59 Å². The number of nitrogens with zero attached hydrogens (tertiary/aromatic N) is 1. The molecule has 0 fully saturated rings. The standard InChI is InChI=1S/C10H12N2O3S/c1-15-8(13)4-6-16-10-7(9(11)14)3-2-5-12-10/h2-3,5H,4,6H2,1H3,(H2,11,14). The summed E-state index contributed by atoms with van der Waals surface area (Å²) in [5.74, 6) is -0.304. The number of aromatic nitrogens is 1. The molecular weight excluding hydrogens is 228 g/mol. The molecule has 0 aliphatic heterocycles. The molecule has 0 spiro atoms. The minimum absolute atomic E-state index is 0.274. The monoisotopic (exact) mass is 240 g/mol. The summed E-state index contributed by atoms with van der Waals surface area (Å²) in [7, 11) is 1.34. The molecule has 2 N–H and O–H groups in total. The number of carbonyl (C=O) groups is 2. The fourth-order valence-electron chi connectivity index (χ4n) is 1.03. The first kappa shape index (κ1) is 12.5. The van der Waals surface area contributed by atoms with Gasteiger partial charge in [-0.3, -0.25) is 9.59 Å². The molecule has 1 rings (SSSR count). The molecular formula is C10H12N2O3S. The highest BCUT2D eigenvalue weighted by Crippen LogP contribution is 2.20. The van der Waals surface area contributed by atoms with Gasteiger partial charge in [0, 0.05) is 11.9 Å². The highest BCUT2D eigenvalue weighted by atomic mass is 32.2. The van der Waals surface area contributed by atoms with Gasteiger partial charge in [-0.05, 0) is 12.1 Å². The molecule has 16 heavy (non-hydrogen) atoms. The quantitative estimate of drug-likeness (QED) is 0.609. The molecule has 0 atom stereocenters. The van der Waals surface area contributed by atoms with Crippen molar-refractivity contribution >= 4 is 23.6 Å². The predicted octanol–water partition coefficient (Wildman–Crippen LogP) is 0.836. The van der Waals surface area contributed by atoms with E-state index >= 15 is 0 Å². The van der Waals surface area contributed by atoms with Crippen molar-refractivity contribution in [3.8, 4) is 0 Å². The lowest BCUT2D eigenvalue weighted by Crippen LogP contribution is -2.13. The molecule has 0 bridgehead atoms. The van der Waals surface area contributed by atoms with Crippen LogP contribution in [0.5, 0.6) is 0 Å². The molecule has 0 aliphatic rings. The fraction of sp³-hybridized carbons (Fsp3) is 0.300. The smallest absolute Gasteiger partial charge is 0.306 e. The predicted molar refractivity (Wildman–Crippen MR) is 60.1 cm³/mol. The van der Waals surface area contributed by atoms with E-state index in [1.807, 2.05) is 0 Å². The number of rotatable bonds is 5. The van der Waals surface area contributed by atoms with Gasteiger partial charge in [0.25, 0.3) is 5.91 Å². The largest absolute Gasteiger partial charge is 0.469 e. The number of amides is 1. The van der Waals surface area contributed by atoms with Crippen LogP contribution in [-0.2, 0) is 9.53 Å². The van der Waals surface area contributed by atoms with Gasteiger partial charge in [0.1, 0.15) is 5.03 Å². The van der Waals surface area contributed by atoms with Crippen molar-refractivity contribution in [2.24, 2.45) is 5.73 Å². The molecule has 0 unspecified atom stereocenters. The molecule has 86 valence electrons. The van der Waals surface area contributed by atoms with Gasteiger partial charge in [-0.2, -0.15) is 0 Å². The van der Waals surface area contributed by atoms with Crippen LogP contribution >= 0.6 is 11.8 Å². The van der Waals surface area contributed by atoms with Crippen LogP contribution in [0.25, 0.3) is 0 Å². The van der Waals surface area contributed by atoms with E-state index in [0.29, 0.717) is 16.3 Å². The third-order valence-corrected chi connectivity index (χ3v) is 2.82. The Balaban J connectivity index is 2.60. The first-order valence-corrected chi connectivity index (χ1v) is 5.58. The number of hydrogen-bond acceptors (Lipinski definition) is 5. The number of methoxy groups -OCH3 is 1. The topological polar surface area (TPSA) is 82.3 Å². The van der Waals surface area contributed by atoms with E-state index in [1.165, 1.54) is 18.9 Å². The Morgan fingerprint density at radius 1 is 1.56 bits per heavy atom. The summed E-state index contributed by atoms with van der Waals surface area (Å²) >= 11 is 1.31. The minimum atomic E-state index is -0.520. The molecule has 5 nitrogen and oxygen atoms in total. The second-order valence-electron chi connectivity index (χ2n) is 2.89. The van der Waals surface area contributed by atoms with Gasteiger partial charge in [0.15, 0.2) is 0 Å². The van der Waals surface area contributed by atoms with Crippen LogP contribution in [-0.4, -0.2) is 29.7 Å². The van der Waals surface area contributed by atoms with E-state index < -0.39 is 5.91 Å². The Morgan fingerprint density at radius 2 is 2.31 bits per heavy atom.